The molecule has 10 nitrogen and oxygen atoms in total. The summed E-state index contributed by atoms with van der Waals surface area (Å²) in [5.74, 6) is -2.56. The first-order chi connectivity index (χ1) is 17.1. The van der Waals surface area contributed by atoms with Gasteiger partial charge in [0.2, 0.25) is 5.91 Å². The number of benzene rings is 1. The molecule has 0 saturated carbocycles. The number of anilines is 1. The molecule has 2 aromatic rings. The third-order valence-corrected chi connectivity index (χ3v) is 6.96. The van der Waals surface area contributed by atoms with E-state index >= 15 is 0 Å². The summed E-state index contributed by atoms with van der Waals surface area (Å²) in [4.78, 5) is 29.8. The highest BCUT2D eigenvalue weighted by molar-refractivity contribution is 7.90. The number of amides is 1. The summed E-state index contributed by atoms with van der Waals surface area (Å²) < 4.78 is 59.3. The molecular formula is C23H21F2N5O5S. The number of sulfonamides is 1. The number of carbonyl (C=O) groups excluding carboxylic acids is 2. The quantitative estimate of drug-likeness (QED) is 0.546. The number of esters is 1. The fourth-order valence-corrected chi connectivity index (χ4v) is 5.00. The van der Waals surface area contributed by atoms with E-state index in [0.29, 0.717) is 0 Å². The summed E-state index contributed by atoms with van der Waals surface area (Å²) in [5, 5.41) is 18.7. The highest BCUT2D eigenvalue weighted by Gasteiger charge is 2.32. The Morgan fingerprint density at radius 2 is 1.83 bits per heavy atom. The molecule has 1 saturated heterocycles. The Morgan fingerprint density at radius 3 is 2.42 bits per heavy atom. The van der Waals surface area contributed by atoms with Gasteiger partial charge in [-0.3, -0.25) is 4.79 Å². The van der Waals surface area contributed by atoms with Crippen molar-refractivity contribution in [2.24, 2.45) is 5.92 Å². The number of alkyl halides is 2. The molecule has 1 N–H and O–H groups in total. The number of ether oxygens (including phenoxy) is 1. The van der Waals surface area contributed by atoms with E-state index in [1.807, 2.05) is 10.8 Å². The molecule has 13 heteroatoms. The molecule has 0 radical (unpaired) electrons. The van der Waals surface area contributed by atoms with Gasteiger partial charge in [0, 0.05) is 19.0 Å². The van der Waals surface area contributed by atoms with Gasteiger partial charge in [-0.2, -0.15) is 10.5 Å². The maximum Gasteiger partial charge on any atom is 0.340 e. The molecule has 1 aromatic carbocycles. The minimum absolute atomic E-state index is 0.0431. The lowest BCUT2D eigenvalue weighted by atomic mass is 9.96. The fourth-order valence-electron chi connectivity index (χ4n) is 3.80. The number of halogens is 2. The zero-order chi connectivity index (χ0) is 26.5. The molecule has 1 amide bonds. The van der Waals surface area contributed by atoms with E-state index in [-0.39, 0.29) is 54.4 Å². The Labute approximate surface area is 206 Å². The molecule has 0 atom stereocenters. The molecule has 36 heavy (non-hydrogen) atoms. The molecule has 1 aliphatic heterocycles. The Kier molecular flexibility index (Phi) is 8.17. The van der Waals surface area contributed by atoms with E-state index in [0.717, 1.165) is 6.07 Å². The van der Waals surface area contributed by atoms with Crippen LogP contribution in [0.1, 0.15) is 53.4 Å². The predicted molar refractivity (Wildman–Crippen MR) is 121 cm³/mol. The van der Waals surface area contributed by atoms with Crippen molar-refractivity contribution in [2.45, 2.75) is 31.1 Å². The van der Waals surface area contributed by atoms with Crippen molar-refractivity contribution in [2.75, 3.05) is 24.6 Å². The number of aromatic nitrogens is 1. The molecule has 1 aliphatic rings. The van der Waals surface area contributed by atoms with Crippen LogP contribution in [0.5, 0.6) is 0 Å². The van der Waals surface area contributed by atoms with E-state index in [9.17, 15) is 32.0 Å². The Morgan fingerprint density at radius 1 is 1.19 bits per heavy atom. The molecule has 3 rings (SSSR count). The number of carbonyl (C=O) groups is 2. The van der Waals surface area contributed by atoms with Gasteiger partial charge >= 0.3 is 5.97 Å². The van der Waals surface area contributed by atoms with Gasteiger partial charge < -0.3 is 9.64 Å². The second-order valence-corrected chi connectivity index (χ2v) is 9.42. The van der Waals surface area contributed by atoms with Crippen molar-refractivity contribution >= 4 is 27.7 Å². The minimum Gasteiger partial charge on any atom is -0.462 e. The van der Waals surface area contributed by atoms with Crippen LogP contribution in [0.25, 0.3) is 0 Å². The van der Waals surface area contributed by atoms with Crippen LogP contribution in [0.15, 0.2) is 35.2 Å². The first kappa shape index (κ1) is 26.5. The molecular weight excluding hydrogens is 496 g/mol. The number of hydrogen-bond acceptors (Lipinski definition) is 9. The highest BCUT2D eigenvalue weighted by atomic mass is 32.2. The zero-order valence-electron chi connectivity index (χ0n) is 19.1. The van der Waals surface area contributed by atoms with E-state index in [1.54, 1.807) is 6.07 Å². The number of nitrogens with one attached hydrogen (secondary N) is 1. The topological polar surface area (TPSA) is 153 Å². The maximum absolute atomic E-state index is 13.6. The van der Waals surface area contributed by atoms with Crippen LogP contribution in [-0.4, -0.2) is 45.0 Å². The number of piperidine rings is 1. The molecule has 0 spiro atoms. The highest BCUT2D eigenvalue weighted by Crippen LogP contribution is 2.31. The van der Waals surface area contributed by atoms with Crippen molar-refractivity contribution in [1.29, 1.82) is 10.5 Å². The summed E-state index contributed by atoms with van der Waals surface area (Å²) in [5.41, 5.74) is -1.53. The van der Waals surface area contributed by atoms with Crippen molar-refractivity contribution in [3.05, 3.63) is 52.7 Å². The lowest BCUT2D eigenvalue weighted by molar-refractivity contribution is -0.123. The number of pyridine rings is 1. The SMILES string of the molecule is CCOC(=O)c1cc(C#N)c(N2CCC(C(=O)NS(=O)(=O)c3ccccc3C#N)CC2)nc1C(F)F. The molecule has 0 bridgehead atoms. The van der Waals surface area contributed by atoms with Crippen molar-refractivity contribution in [3.63, 3.8) is 0 Å². The maximum atomic E-state index is 13.6. The monoisotopic (exact) mass is 517 g/mol. The Balaban J connectivity index is 1.77. The molecule has 2 heterocycles. The average molecular weight is 518 g/mol. The van der Waals surface area contributed by atoms with Gasteiger partial charge in [0.25, 0.3) is 16.4 Å². The molecule has 188 valence electrons. The van der Waals surface area contributed by atoms with Crippen LogP contribution < -0.4 is 9.62 Å². The fraction of sp³-hybridized carbons (Fsp3) is 0.348. The third kappa shape index (κ3) is 5.58. The van der Waals surface area contributed by atoms with Gasteiger partial charge in [0.15, 0.2) is 0 Å². The van der Waals surface area contributed by atoms with Gasteiger partial charge in [-0.1, -0.05) is 12.1 Å². The van der Waals surface area contributed by atoms with E-state index in [2.05, 4.69) is 4.98 Å². The molecule has 0 aliphatic carbocycles. The van der Waals surface area contributed by atoms with Crippen molar-refractivity contribution in [1.82, 2.24) is 9.71 Å². The first-order valence-electron chi connectivity index (χ1n) is 10.8. The third-order valence-electron chi connectivity index (χ3n) is 5.55. The summed E-state index contributed by atoms with van der Waals surface area (Å²) in [6.07, 6.45) is -2.80. The molecule has 1 aromatic heterocycles. The number of hydrogen-bond donors (Lipinski definition) is 1. The smallest absolute Gasteiger partial charge is 0.340 e. The van der Waals surface area contributed by atoms with Crippen LogP contribution in [0, 0.1) is 28.6 Å². The van der Waals surface area contributed by atoms with E-state index in [4.69, 9.17) is 10.00 Å². The van der Waals surface area contributed by atoms with Crippen LogP contribution in [-0.2, 0) is 19.6 Å². The number of nitriles is 2. The second-order valence-electron chi connectivity index (χ2n) is 7.76. The summed E-state index contributed by atoms with van der Waals surface area (Å²) in [6, 6.07) is 10.1. The zero-order valence-corrected chi connectivity index (χ0v) is 19.9. The largest absolute Gasteiger partial charge is 0.462 e. The average Bonchev–Trinajstić information content (AvgIpc) is 2.87. The van der Waals surface area contributed by atoms with Crippen LogP contribution in [0.3, 0.4) is 0 Å². The van der Waals surface area contributed by atoms with E-state index < -0.39 is 45.5 Å². The van der Waals surface area contributed by atoms with E-state index in [1.165, 1.54) is 36.1 Å². The minimum atomic E-state index is -4.28. The van der Waals surface area contributed by atoms with Crippen LogP contribution in [0.2, 0.25) is 0 Å². The Hall–Kier alpha value is -4.10. The summed E-state index contributed by atoms with van der Waals surface area (Å²) in [6.45, 7) is 1.71. The lowest BCUT2D eigenvalue weighted by Crippen LogP contribution is -2.43. The van der Waals surface area contributed by atoms with Crippen molar-refractivity contribution in [3.8, 4) is 12.1 Å². The predicted octanol–water partition coefficient (Wildman–Crippen LogP) is 2.66. The van der Waals surface area contributed by atoms with Crippen LogP contribution >= 0.6 is 0 Å². The molecule has 1 fully saturated rings. The molecule has 0 unspecified atom stereocenters. The number of nitrogens with zero attached hydrogens (tertiary/aromatic N) is 4. The van der Waals surface area contributed by atoms with Crippen LogP contribution in [0.4, 0.5) is 14.6 Å². The number of rotatable bonds is 7. The second kappa shape index (κ2) is 11.1. The van der Waals surface area contributed by atoms with Gasteiger partial charge in [-0.25, -0.2) is 31.7 Å². The standard InChI is InChI=1S/C23H21F2N5O5S/c1-2-35-23(32)17-11-16(13-27)21(28-19(17)20(24)25)30-9-7-14(8-10-30)22(31)29-36(33,34)18-6-4-3-5-15(18)12-26/h3-6,11,14,20H,2,7-10H2,1H3,(H,29,31). The first-order valence-corrected chi connectivity index (χ1v) is 12.3. The lowest BCUT2D eigenvalue weighted by Gasteiger charge is -2.33. The van der Waals surface area contributed by atoms with Gasteiger partial charge in [-0.05, 0) is 38.0 Å². The Bertz CT molecular complexity index is 1360. The summed E-state index contributed by atoms with van der Waals surface area (Å²) in [7, 11) is -4.28. The van der Waals surface area contributed by atoms with Crippen molar-refractivity contribution < 1.29 is 31.5 Å². The summed E-state index contributed by atoms with van der Waals surface area (Å²) >= 11 is 0. The van der Waals surface area contributed by atoms with Gasteiger partial charge in [0.1, 0.15) is 28.5 Å². The normalized spacial score (nSPS) is 14.1. The van der Waals surface area contributed by atoms with Gasteiger partial charge in [-0.15, -0.1) is 0 Å². The van der Waals surface area contributed by atoms with Gasteiger partial charge in [0.05, 0.1) is 23.3 Å².